The number of phenols is 1. The largest absolute Gasteiger partial charge is 0.507 e. The fourth-order valence-electron chi connectivity index (χ4n) is 1.93. The van der Waals surface area contributed by atoms with Gasteiger partial charge in [-0.1, -0.05) is 17.7 Å². The third-order valence-electron chi connectivity index (χ3n) is 2.98. The Morgan fingerprint density at radius 3 is 2.81 bits per heavy atom. The van der Waals surface area contributed by atoms with Crippen LogP contribution in [-0.2, 0) is 9.59 Å². The molecule has 2 rings (SSSR count). The van der Waals surface area contributed by atoms with E-state index in [2.05, 4.69) is 11.9 Å². The van der Waals surface area contributed by atoms with Crippen LogP contribution in [0.4, 0.5) is 0 Å². The smallest absolute Gasteiger partial charge is 0.265 e. The van der Waals surface area contributed by atoms with Gasteiger partial charge in [-0.25, -0.2) is 0 Å². The quantitative estimate of drug-likeness (QED) is 0.384. The molecule has 0 bridgehead atoms. The Morgan fingerprint density at radius 2 is 2.14 bits per heavy atom. The van der Waals surface area contributed by atoms with Crippen molar-refractivity contribution in [2.45, 2.75) is 6.92 Å². The first kappa shape index (κ1) is 14.9. The number of amides is 2. The summed E-state index contributed by atoms with van der Waals surface area (Å²) in [6.45, 7) is 5.61. The number of phenolic OH excluding ortho intramolecular Hbond substituents is 1. The molecule has 2 amide bonds. The lowest BCUT2D eigenvalue weighted by Gasteiger charge is -2.27. The fraction of sp³-hybridized carbons (Fsp3) is 0.133. The van der Waals surface area contributed by atoms with Crippen LogP contribution in [0.3, 0.4) is 0 Å². The normalized spacial score (nSPS) is 17.1. The maximum atomic E-state index is 12.3. The van der Waals surface area contributed by atoms with Crippen molar-refractivity contribution in [2.75, 3.05) is 6.54 Å². The summed E-state index contributed by atoms with van der Waals surface area (Å²) in [5.41, 5.74) is 1.23. The summed E-state index contributed by atoms with van der Waals surface area (Å²) < 4.78 is 0. The molecule has 1 aromatic carbocycles. The zero-order chi connectivity index (χ0) is 15.6. The molecule has 0 atom stereocenters. The van der Waals surface area contributed by atoms with Gasteiger partial charge in [0.2, 0.25) is 0 Å². The van der Waals surface area contributed by atoms with Gasteiger partial charge in [0.05, 0.1) is 0 Å². The molecule has 1 saturated heterocycles. The second-order valence-electron chi connectivity index (χ2n) is 4.58. The lowest BCUT2D eigenvalue weighted by atomic mass is 10.0. The van der Waals surface area contributed by atoms with Gasteiger partial charge < -0.3 is 5.11 Å². The number of rotatable bonds is 3. The first-order valence-corrected chi connectivity index (χ1v) is 6.64. The van der Waals surface area contributed by atoms with Crippen LogP contribution in [0.2, 0.25) is 0 Å². The van der Waals surface area contributed by atoms with Crippen molar-refractivity contribution in [3.8, 4) is 5.75 Å². The van der Waals surface area contributed by atoms with E-state index in [4.69, 9.17) is 12.2 Å². The fourth-order valence-corrected chi connectivity index (χ4v) is 2.18. The van der Waals surface area contributed by atoms with Crippen molar-refractivity contribution in [1.29, 1.82) is 0 Å². The summed E-state index contributed by atoms with van der Waals surface area (Å²) >= 11 is 4.96. The number of benzene rings is 1. The first-order valence-electron chi connectivity index (χ1n) is 6.23. The van der Waals surface area contributed by atoms with Crippen LogP contribution >= 0.6 is 12.2 Å². The Labute approximate surface area is 127 Å². The van der Waals surface area contributed by atoms with E-state index in [1.165, 1.54) is 23.1 Å². The molecule has 1 heterocycles. The van der Waals surface area contributed by atoms with Crippen LogP contribution in [0.1, 0.15) is 11.1 Å². The van der Waals surface area contributed by atoms with E-state index in [0.717, 1.165) is 5.56 Å². The minimum atomic E-state index is -0.578. The highest BCUT2D eigenvalue weighted by atomic mass is 32.1. The van der Waals surface area contributed by atoms with E-state index < -0.39 is 11.8 Å². The van der Waals surface area contributed by atoms with Gasteiger partial charge in [0.15, 0.2) is 5.11 Å². The molecular formula is C15H14N2O3S. The predicted molar refractivity (Wildman–Crippen MR) is 83.5 cm³/mol. The van der Waals surface area contributed by atoms with Gasteiger partial charge in [-0.15, -0.1) is 6.58 Å². The topological polar surface area (TPSA) is 69.6 Å². The third-order valence-corrected chi connectivity index (χ3v) is 3.30. The monoisotopic (exact) mass is 302 g/mol. The molecule has 0 saturated carbocycles. The van der Waals surface area contributed by atoms with Crippen LogP contribution in [0.5, 0.6) is 5.75 Å². The molecule has 0 aromatic heterocycles. The molecule has 0 aliphatic carbocycles. The van der Waals surface area contributed by atoms with Crippen molar-refractivity contribution in [3.63, 3.8) is 0 Å². The van der Waals surface area contributed by atoms with E-state index >= 15 is 0 Å². The summed E-state index contributed by atoms with van der Waals surface area (Å²) in [5.74, 6) is -1.09. The molecule has 0 radical (unpaired) electrons. The number of hydrogen-bond acceptors (Lipinski definition) is 4. The van der Waals surface area contributed by atoms with Gasteiger partial charge in [0.1, 0.15) is 11.3 Å². The van der Waals surface area contributed by atoms with E-state index in [9.17, 15) is 14.7 Å². The van der Waals surface area contributed by atoms with Crippen LogP contribution in [0, 0.1) is 6.92 Å². The van der Waals surface area contributed by atoms with E-state index in [-0.39, 0.29) is 23.0 Å². The first-order chi connectivity index (χ1) is 9.93. The van der Waals surface area contributed by atoms with Gasteiger partial charge in [0, 0.05) is 12.1 Å². The molecule has 0 unspecified atom stereocenters. The molecule has 1 fully saturated rings. The lowest BCUT2D eigenvalue weighted by molar-refractivity contribution is -0.128. The molecule has 1 aromatic rings. The number of nitrogens with one attached hydrogen (secondary N) is 1. The van der Waals surface area contributed by atoms with E-state index in [1.807, 2.05) is 6.92 Å². The molecule has 108 valence electrons. The Bertz CT molecular complexity index is 679. The van der Waals surface area contributed by atoms with Crippen LogP contribution in [-0.4, -0.2) is 33.5 Å². The van der Waals surface area contributed by atoms with Crippen molar-refractivity contribution in [1.82, 2.24) is 10.2 Å². The minimum absolute atomic E-state index is 0.00267. The Kier molecular flexibility index (Phi) is 4.18. The Balaban J connectivity index is 2.45. The Morgan fingerprint density at radius 1 is 1.43 bits per heavy atom. The molecule has 5 nitrogen and oxygen atoms in total. The molecule has 6 heteroatoms. The van der Waals surface area contributed by atoms with Crippen LogP contribution in [0.25, 0.3) is 6.08 Å². The highest BCUT2D eigenvalue weighted by Crippen LogP contribution is 2.23. The standard InChI is InChI=1S/C15H14N2O3S/c1-3-6-17-14(20)11(13(19)16-15(17)21)8-10-7-9(2)4-5-12(10)18/h3-5,7-8,18H,1,6H2,2H3,(H,16,19,21)/b11-8+. The minimum Gasteiger partial charge on any atom is -0.507 e. The summed E-state index contributed by atoms with van der Waals surface area (Å²) in [4.78, 5) is 25.5. The average molecular weight is 302 g/mol. The van der Waals surface area contributed by atoms with Gasteiger partial charge in [0.25, 0.3) is 11.8 Å². The van der Waals surface area contributed by atoms with Crippen molar-refractivity contribution < 1.29 is 14.7 Å². The number of aryl methyl sites for hydroxylation is 1. The van der Waals surface area contributed by atoms with Crippen LogP contribution in [0.15, 0.2) is 36.4 Å². The number of nitrogens with zero attached hydrogens (tertiary/aromatic N) is 1. The van der Waals surface area contributed by atoms with Gasteiger partial charge in [-0.05, 0) is 37.4 Å². The zero-order valence-corrected chi connectivity index (χ0v) is 12.2. The summed E-state index contributed by atoms with van der Waals surface area (Å²) in [6, 6.07) is 4.94. The van der Waals surface area contributed by atoms with Crippen molar-refractivity contribution in [2.24, 2.45) is 0 Å². The number of thiocarbonyl (C=S) groups is 1. The van der Waals surface area contributed by atoms with Gasteiger partial charge in [-0.2, -0.15) is 0 Å². The van der Waals surface area contributed by atoms with E-state index in [1.54, 1.807) is 12.1 Å². The van der Waals surface area contributed by atoms with Crippen molar-refractivity contribution >= 4 is 35.2 Å². The van der Waals surface area contributed by atoms with Gasteiger partial charge >= 0.3 is 0 Å². The molecule has 21 heavy (non-hydrogen) atoms. The SMILES string of the molecule is C=CCN1C(=O)/C(=C/c2cc(C)ccc2O)C(=O)NC1=S. The average Bonchev–Trinajstić information content (AvgIpc) is 2.43. The summed E-state index contributed by atoms with van der Waals surface area (Å²) in [6.07, 6.45) is 2.88. The highest BCUT2D eigenvalue weighted by molar-refractivity contribution is 7.80. The number of hydrogen-bond donors (Lipinski definition) is 2. The van der Waals surface area contributed by atoms with Gasteiger partial charge in [-0.3, -0.25) is 19.8 Å². The maximum absolute atomic E-state index is 12.3. The van der Waals surface area contributed by atoms with Crippen molar-refractivity contribution in [3.05, 3.63) is 47.6 Å². The summed E-state index contributed by atoms with van der Waals surface area (Å²) in [7, 11) is 0. The third kappa shape index (κ3) is 3.00. The molecular weight excluding hydrogens is 288 g/mol. The molecule has 1 aliphatic heterocycles. The number of carbonyl (C=O) groups is 2. The predicted octanol–water partition coefficient (Wildman–Crippen LogP) is 1.51. The zero-order valence-electron chi connectivity index (χ0n) is 11.4. The van der Waals surface area contributed by atoms with E-state index in [0.29, 0.717) is 5.56 Å². The molecule has 2 N–H and O–H groups in total. The second-order valence-corrected chi connectivity index (χ2v) is 4.97. The van der Waals surface area contributed by atoms with Crippen LogP contribution < -0.4 is 5.32 Å². The molecule has 0 spiro atoms. The Hall–Kier alpha value is -2.47. The second kappa shape index (κ2) is 5.88. The summed E-state index contributed by atoms with van der Waals surface area (Å²) in [5, 5.41) is 12.3. The number of carbonyl (C=O) groups excluding carboxylic acids is 2. The molecule has 1 aliphatic rings. The number of aromatic hydroxyl groups is 1. The maximum Gasteiger partial charge on any atom is 0.265 e. The highest BCUT2D eigenvalue weighted by Gasteiger charge is 2.32. The lowest BCUT2D eigenvalue weighted by Crippen LogP contribution is -2.53.